The van der Waals surface area contributed by atoms with E-state index in [-0.39, 0.29) is 11.7 Å². The molecule has 1 aromatic heterocycles. The van der Waals surface area contributed by atoms with Crippen molar-refractivity contribution in [3.8, 4) is 11.3 Å². The van der Waals surface area contributed by atoms with Crippen LogP contribution in [0.5, 0.6) is 0 Å². The van der Waals surface area contributed by atoms with Crippen LogP contribution < -0.4 is 5.32 Å². The predicted octanol–water partition coefficient (Wildman–Crippen LogP) is 6.10. The van der Waals surface area contributed by atoms with E-state index >= 15 is 0 Å². The SMILES string of the molecule is O=C(NCCSc1c(-c2ccc(F)cc2)[nH]c2ccccc12)c1ccccc1I. The summed E-state index contributed by atoms with van der Waals surface area (Å²) >= 11 is 3.85. The Morgan fingerprint density at radius 1 is 1.00 bits per heavy atom. The van der Waals surface area contributed by atoms with E-state index in [0.29, 0.717) is 12.1 Å². The number of benzene rings is 3. The Balaban J connectivity index is 1.50. The van der Waals surface area contributed by atoms with E-state index in [2.05, 4.69) is 39.0 Å². The Morgan fingerprint density at radius 3 is 2.52 bits per heavy atom. The number of aromatic nitrogens is 1. The smallest absolute Gasteiger partial charge is 0.252 e. The Kier molecular flexibility index (Phi) is 6.20. The molecule has 3 nitrogen and oxygen atoms in total. The first-order chi connectivity index (χ1) is 14.1. The number of fused-ring (bicyclic) bond motifs is 1. The van der Waals surface area contributed by atoms with Crippen molar-refractivity contribution < 1.29 is 9.18 Å². The highest BCUT2D eigenvalue weighted by atomic mass is 127. The summed E-state index contributed by atoms with van der Waals surface area (Å²) in [6.07, 6.45) is 0. The second-order valence-electron chi connectivity index (χ2n) is 6.47. The molecule has 4 aromatic rings. The monoisotopic (exact) mass is 516 g/mol. The fourth-order valence-electron chi connectivity index (χ4n) is 3.14. The predicted molar refractivity (Wildman–Crippen MR) is 126 cm³/mol. The summed E-state index contributed by atoms with van der Waals surface area (Å²) in [6.45, 7) is 0.552. The molecule has 0 spiro atoms. The van der Waals surface area contributed by atoms with Gasteiger partial charge in [0.2, 0.25) is 0 Å². The molecule has 1 heterocycles. The molecule has 0 aliphatic carbocycles. The van der Waals surface area contributed by atoms with Crippen molar-refractivity contribution in [2.24, 2.45) is 0 Å². The van der Waals surface area contributed by atoms with Gasteiger partial charge >= 0.3 is 0 Å². The normalized spacial score (nSPS) is 11.0. The van der Waals surface area contributed by atoms with Gasteiger partial charge in [0, 0.05) is 31.7 Å². The second kappa shape index (κ2) is 9.00. The van der Waals surface area contributed by atoms with Gasteiger partial charge in [-0.15, -0.1) is 11.8 Å². The molecule has 0 saturated carbocycles. The molecule has 1 amide bonds. The molecule has 3 aromatic carbocycles. The lowest BCUT2D eigenvalue weighted by Gasteiger charge is -2.08. The number of hydrogen-bond donors (Lipinski definition) is 2. The van der Waals surface area contributed by atoms with Crippen LogP contribution in [-0.2, 0) is 0 Å². The van der Waals surface area contributed by atoms with E-state index in [9.17, 15) is 9.18 Å². The molecule has 0 aliphatic rings. The van der Waals surface area contributed by atoms with Gasteiger partial charge in [-0.3, -0.25) is 4.79 Å². The summed E-state index contributed by atoms with van der Waals surface area (Å²) in [5.74, 6) is 0.413. The fourth-order valence-corrected chi connectivity index (χ4v) is 4.83. The van der Waals surface area contributed by atoms with E-state index in [1.54, 1.807) is 23.9 Å². The zero-order chi connectivity index (χ0) is 20.2. The van der Waals surface area contributed by atoms with Crippen molar-refractivity contribution >= 4 is 51.2 Å². The Labute approximate surface area is 186 Å². The second-order valence-corrected chi connectivity index (χ2v) is 8.73. The van der Waals surface area contributed by atoms with Gasteiger partial charge in [0.05, 0.1) is 11.3 Å². The number of nitrogens with one attached hydrogen (secondary N) is 2. The van der Waals surface area contributed by atoms with E-state index in [4.69, 9.17) is 0 Å². The van der Waals surface area contributed by atoms with Crippen LogP contribution in [0, 0.1) is 9.39 Å². The molecule has 0 radical (unpaired) electrons. The molecule has 4 rings (SSSR count). The third-order valence-electron chi connectivity index (χ3n) is 4.54. The zero-order valence-corrected chi connectivity index (χ0v) is 18.4. The quantitative estimate of drug-likeness (QED) is 0.185. The van der Waals surface area contributed by atoms with Crippen LogP contribution in [0.1, 0.15) is 10.4 Å². The molecule has 29 heavy (non-hydrogen) atoms. The summed E-state index contributed by atoms with van der Waals surface area (Å²) < 4.78 is 14.3. The molecule has 0 unspecified atom stereocenters. The van der Waals surface area contributed by atoms with E-state index in [1.165, 1.54) is 12.1 Å². The van der Waals surface area contributed by atoms with Crippen LogP contribution in [0.4, 0.5) is 4.39 Å². The number of halogens is 2. The van der Waals surface area contributed by atoms with Gasteiger partial charge in [-0.05, 0) is 70.6 Å². The van der Waals surface area contributed by atoms with Crippen LogP contribution in [0.3, 0.4) is 0 Å². The van der Waals surface area contributed by atoms with Gasteiger partial charge in [-0.1, -0.05) is 30.3 Å². The largest absolute Gasteiger partial charge is 0.354 e. The Hall–Kier alpha value is -2.32. The van der Waals surface area contributed by atoms with Gasteiger partial charge in [0.1, 0.15) is 5.82 Å². The van der Waals surface area contributed by atoms with Gasteiger partial charge in [0.25, 0.3) is 5.91 Å². The zero-order valence-electron chi connectivity index (χ0n) is 15.4. The Bertz CT molecular complexity index is 1160. The van der Waals surface area contributed by atoms with Crippen LogP contribution in [-0.4, -0.2) is 23.2 Å². The van der Waals surface area contributed by atoms with Crippen molar-refractivity contribution in [1.29, 1.82) is 0 Å². The number of aromatic amines is 1. The fraction of sp³-hybridized carbons (Fsp3) is 0.0870. The average molecular weight is 516 g/mol. The topological polar surface area (TPSA) is 44.9 Å². The highest BCUT2D eigenvalue weighted by molar-refractivity contribution is 14.1. The lowest BCUT2D eigenvalue weighted by molar-refractivity contribution is 0.0955. The number of para-hydroxylation sites is 1. The minimum absolute atomic E-state index is 0.0618. The summed E-state index contributed by atoms with van der Waals surface area (Å²) in [5.41, 5.74) is 3.64. The van der Waals surface area contributed by atoms with Crippen molar-refractivity contribution in [2.75, 3.05) is 12.3 Å². The van der Waals surface area contributed by atoms with E-state index in [1.807, 2.05) is 42.5 Å². The van der Waals surface area contributed by atoms with E-state index in [0.717, 1.165) is 36.4 Å². The van der Waals surface area contributed by atoms with Crippen molar-refractivity contribution in [3.05, 3.63) is 87.7 Å². The maximum atomic E-state index is 13.3. The number of amides is 1. The highest BCUT2D eigenvalue weighted by Gasteiger charge is 2.14. The highest BCUT2D eigenvalue weighted by Crippen LogP contribution is 2.37. The summed E-state index contributed by atoms with van der Waals surface area (Å²) in [6, 6.07) is 22.1. The molecular formula is C23H18FIN2OS. The lowest BCUT2D eigenvalue weighted by Crippen LogP contribution is -2.26. The number of carbonyl (C=O) groups excluding carboxylic acids is 1. The van der Waals surface area contributed by atoms with Crippen LogP contribution in [0.25, 0.3) is 22.2 Å². The van der Waals surface area contributed by atoms with Crippen molar-refractivity contribution in [1.82, 2.24) is 10.3 Å². The molecule has 0 aliphatic heterocycles. The van der Waals surface area contributed by atoms with Gasteiger partial charge < -0.3 is 10.3 Å². The average Bonchev–Trinajstić information content (AvgIpc) is 3.10. The first kappa shape index (κ1) is 20.0. The minimum atomic E-state index is -0.252. The van der Waals surface area contributed by atoms with Crippen LogP contribution in [0.2, 0.25) is 0 Å². The maximum absolute atomic E-state index is 13.3. The molecule has 146 valence electrons. The first-order valence-corrected chi connectivity index (χ1v) is 11.2. The Morgan fingerprint density at radius 2 is 1.72 bits per heavy atom. The standard InChI is InChI=1S/C23H18FIN2OS/c24-16-11-9-15(10-12-16)21-22(18-6-2-4-8-20(18)27-21)29-14-13-26-23(28)17-5-1-3-7-19(17)25/h1-12,27H,13-14H2,(H,26,28). The number of H-pyrrole nitrogens is 1. The summed E-state index contributed by atoms with van der Waals surface area (Å²) in [4.78, 5) is 17.0. The number of thioether (sulfide) groups is 1. The summed E-state index contributed by atoms with van der Waals surface area (Å²) in [5, 5.41) is 4.12. The van der Waals surface area contributed by atoms with Crippen molar-refractivity contribution in [3.63, 3.8) is 0 Å². The number of rotatable bonds is 6. The number of hydrogen-bond acceptors (Lipinski definition) is 2. The first-order valence-electron chi connectivity index (χ1n) is 9.15. The maximum Gasteiger partial charge on any atom is 0.252 e. The van der Waals surface area contributed by atoms with Gasteiger partial charge in [-0.25, -0.2) is 4.39 Å². The molecule has 0 fully saturated rings. The third kappa shape index (κ3) is 4.48. The van der Waals surface area contributed by atoms with E-state index < -0.39 is 0 Å². The third-order valence-corrected chi connectivity index (χ3v) is 6.61. The lowest BCUT2D eigenvalue weighted by atomic mass is 10.1. The molecule has 0 bridgehead atoms. The molecular weight excluding hydrogens is 498 g/mol. The van der Waals surface area contributed by atoms with Crippen LogP contribution >= 0.6 is 34.4 Å². The molecule has 0 atom stereocenters. The summed E-state index contributed by atoms with van der Waals surface area (Å²) in [7, 11) is 0. The molecule has 6 heteroatoms. The van der Waals surface area contributed by atoms with Crippen LogP contribution in [0.15, 0.2) is 77.7 Å². The van der Waals surface area contributed by atoms with Gasteiger partial charge in [0.15, 0.2) is 0 Å². The molecule has 2 N–H and O–H groups in total. The molecule has 0 saturated heterocycles. The minimum Gasteiger partial charge on any atom is -0.354 e. The number of carbonyl (C=O) groups is 1. The van der Waals surface area contributed by atoms with Gasteiger partial charge in [-0.2, -0.15) is 0 Å². The van der Waals surface area contributed by atoms with Crippen molar-refractivity contribution in [2.45, 2.75) is 4.90 Å².